The summed E-state index contributed by atoms with van der Waals surface area (Å²) in [6.45, 7) is 1.93. The van der Waals surface area contributed by atoms with Crippen molar-refractivity contribution in [2.24, 2.45) is 5.73 Å². The van der Waals surface area contributed by atoms with Crippen molar-refractivity contribution >= 4 is 5.97 Å². The second-order valence-electron chi connectivity index (χ2n) is 6.93. The Hall–Kier alpha value is -4.11. The molecule has 1 unspecified atom stereocenters. The quantitative estimate of drug-likeness (QED) is 0.514. The highest BCUT2D eigenvalue weighted by Gasteiger charge is 2.31. The summed E-state index contributed by atoms with van der Waals surface area (Å²) in [4.78, 5) is 12.4. The van der Waals surface area contributed by atoms with Crippen molar-refractivity contribution in [1.29, 1.82) is 5.26 Å². The number of allylic oxidation sites excluding steroid dienone is 1. The number of nitriles is 1. The minimum atomic E-state index is -0.513. The lowest BCUT2D eigenvalue weighted by atomic mass is 9.83. The molecule has 0 aliphatic carbocycles. The molecule has 6 heteroatoms. The third-order valence-corrected chi connectivity index (χ3v) is 4.89. The molecule has 0 radical (unpaired) electrons. The zero-order valence-corrected chi connectivity index (χ0v) is 16.1. The molecule has 4 rings (SSSR count). The predicted octanol–water partition coefficient (Wildman–Crippen LogP) is 4.57. The molecule has 0 bridgehead atoms. The number of aryl methyl sites for hydroxylation is 1. The summed E-state index contributed by atoms with van der Waals surface area (Å²) in [6, 6.07) is 19.9. The molecule has 0 saturated heterocycles. The molecule has 3 aromatic carbocycles. The highest BCUT2D eigenvalue weighted by atomic mass is 19.1. The molecule has 148 valence electrons. The van der Waals surface area contributed by atoms with Gasteiger partial charge >= 0.3 is 5.97 Å². The van der Waals surface area contributed by atoms with Crippen LogP contribution in [0, 0.1) is 24.1 Å². The smallest absolute Gasteiger partial charge is 0.343 e. The summed E-state index contributed by atoms with van der Waals surface area (Å²) in [5, 5.41) is 9.58. The molecule has 1 heterocycles. The van der Waals surface area contributed by atoms with Crippen molar-refractivity contribution < 1.29 is 18.7 Å². The first-order valence-corrected chi connectivity index (χ1v) is 9.22. The largest absolute Gasteiger partial charge is 0.440 e. The molecular weight excluding hydrogens is 383 g/mol. The van der Waals surface area contributed by atoms with E-state index in [0.29, 0.717) is 22.4 Å². The Morgan fingerprint density at radius 1 is 1.10 bits per heavy atom. The van der Waals surface area contributed by atoms with E-state index in [4.69, 9.17) is 15.2 Å². The topological polar surface area (TPSA) is 85.3 Å². The second-order valence-corrected chi connectivity index (χ2v) is 6.93. The van der Waals surface area contributed by atoms with E-state index in [0.717, 1.165) is 5.56 Å². The number of fused-ring (bicyclic) bond motifs is 1. The molecule has 1 atom stereocenters. The number of rotatable bonds is 3. The van der Waals surface area contributed by atoms with Gasteiger partial charge in [-0.1, -0.05) is 35.9 Å². The van der Waals surface area contributed by atoms with E-state index in [1.54, 1.807) is 42.5 Å². The van der Waals surface area contributed by atoms with E-state index in [2.05, 4.69) is 6.07 Å². The van der Waals surface area contributed by atoms with E-state index in [1.807, 2.05) is 19.1 Å². The first kappa shape index (κ1) is 19.2. The molecule has 0 aromatic heterocycles. The van der Waals surface area contributed by atoms with Crippen molar-refractivity contribution in [2.45, 2.75) is 12.8 Å². The van der Waals surface area contributed by atoms with Gasteiger partial charge in [0, 0.05) is 11.6 Å². The van der Waals surface area contributed by atoms with E-state index < -0.39 is 11.9 Å². The Morgan fingerprint density at radius 2 is 1.80 bits per heavy atom. The number of halogens is 1. The molecule has 0 amide bonds. The molecule has 3 aromatic rings. The number of nitrogens with zero attached hydrogens (tertiary/aromatic N) is 1. The fraction of sp³-hybridized carbons (Fsp3) is 0.0833. The third-order valence-electron chi connectivity index (χ3n) is 4.89. The van der Waals surface area contributed by atoms with E-state index in [-0.39, 0.29) is 23.0 Å². The van der Waals surface area contributed by atoms with Crippen LogP contribution in [0.3, 0.4) is 0 Å². The zero-order chi connectivity index (χ0) is 21.3. The summed E-state index contributed by atoms with van der Waals surface area (Å²) in [5.74, 6) is -0.773. The van der Waals surface area contributed by atoms with Gasteiger partial charge in [0.15, 0.2) is 0 Å². The number of carbonyl (C=O) groups excluding carboxylic acids is 1. The van der Waals surface area contributed by atoms with Gasteiger partial charge in [-0.05, 0) is 42.8 Å². The summed E-state index contributed by atoms with van der Waals surface area (Å²) in [7, 11) is 0. The van der Waals surface area contributed by atoms with E-state index >= 15 is 0 Å². The molecule has 5 nitrogen and oxygen atoms in total. The fourth-order valence-corrected chi connectivity index (χ4v) is 3.35. The lowest BCUT2D eigenvalue weighted by molar-refractivity contribution is 0.0734. The number of esters is 1. The minimum absolute atomic E-state index is 0.0404. The molecule has 2 N–H and O–H groups in total. The zero-order valence-electron chi connectivity index (χ0n) is 16.1. The van der Waals surface area contributed by atoms with Crippen molar-refractivity contribution in [3.63, 3.8) is 0 Å². The van der Waals surface area contributed by atoms with Gasteiger partial charge in [0.25, 0.3) is 0 Å². The van der Waals surface area contributed by atoms with Gasteiger partial charge in [-0.15, -0.1) is 0 Å². The molecule has 30 heavy (non-hydrogen) atoms. The first-order valence-electron chi connectivity index (χ1n) is 9.22. The lowest BCUT2D eigenvalue weighted by Crippen LogP contribution is -2.21. The van der Waals surface area contributed by atoms with Crippen LogP contribution >= 0.6 is 0 Å². The molecular formula is C24H17FN2O3. The minimum Gasteiger partial charge on any atom is -0.440 e. The van der Waals surface area contributed by atoms with Gasteiger partial charge in [0.1, 0.15) is 29.0 Å². The van der Waals surface area contributed by atoms with Crippen molar-refractivity contribution in [3.8, 4) is 17.6 Å². The normalized spacial score (nSPS) is 15.0. The highest BCUT2D eigenvalue weighted by Crippen LogP contribution is 2.43. The maximum absolute atomic E-state index is 13.4. The van der Waals surface area contributed by atoms with E-state index in [9.17, 15) is 14.4 Å². The van der Waals surface area contributed by atoms with Crippen LogP contribution in [-0.4, -0.2) is 5.97 Å². The van der Waals surface area contributed by atoms with Gasteiger partial charge in [-0.25, -0.2) is 9.18 Å². The average Bonchev–Trinajstić information content (AvgIpc) is 2.74. The fourth-order valence-electron chi connectivity index (χ4n) is 3.35. The maximum atomic E-state index is 13.4. The number of benzene rings is 3. The van der Waals surface area contributed by atoms with Gasteiger partial charge < -0.3 is 15.2 Å². The lowest BCUT2D eigenvalue weighted by Gasteiger charge is -2.26. The molecule has 1 aliphatic heterocycles. The van der Waals surface area contributed by atoms with Crippen molar-refractivity contribution in [3.05, 3.63) is 106 Å². The summed E-state index contributed by atoms with van der Waals surface area (Å²) < 4.78 is 24.5. The highest BCUT2D eigenvalue weighted by molar-refractivity contribution is 5.91. The van der Waals surface area contributed by atoms with Crippen LogP contribution in [-0.2, 0) is 0 Å². The molecule has 0 fully saturated rings. The monoisotopic (exact) mass is 400 g/mol. The SMILES string of the molecule is Cc1ccc(C(=O)Oc2ccc3c(c2)OC(N)=C(C#N)C3c2ccc(F)cc2)cc1. The Kier molecular flexibility index (Phi) is 4.95. The summed E-state index contributed by atoms with van der Waals surface area (Å²) in [5.41, 5.74) is 9.04. The van der Waals surface area contributed by atoms with Crippen molar-refractivity contribution in [2.75, 3.05) is 0 Å². The number of nitrogens with two attached hydrogens (primary N) is 1. The average molecular weight is 400 g/mol. The van der Waals surface area contributed by atoms with Crippen LogP contribution in [0.2, 0.25) is 0 Å². The predicted molar refractivity (Wildman–Crippen MR) is 108 cm³/mol. The van der Waals surface area contributed by atoms with Crippen LogP contribution in [0.5, 0.6) is 11.5 Å². The Bertz CT molecular complexity index is 1190. The number of hydrogen-bond acceptors (Lipinski definition) is 5. The van der Waals surface area contributed by atoms with Crippen LogP contribution in [0.25, 0.3) is 0 Å². The van der Waals surface area contributed by atoms with Crippen LogP contribution in [0.1, 0.15) is 33.0 Å². The Labute approximate surface area is 172 Å². The number of hydrogen-bond donors (Lipinski definition) is 1. The number of ether oxygens (including phenoxy) is 2. The van der Waals surface area contributed by atoms with Crippen molar-refractivity contribution in [1.82, 2.24) is 0 Å². The summed E-state index contributed by atoms with van der Waals surface area (Å²) in [6.07, 6.45) is 0. The van der Waals surface area contributed by atoms with Gasteiger partial charge in [-0.3, -0.25) is 0 Å². The second kappa shape index (κ2) is 7.72. The Morgan fingerprint density at radius 3 is 2.47 bits per heavy atom. The summed E-state index contributed by atoms with van der Waals surface area (Å²) >= 11 is 0. The van der Waals surface area contributed by atoms with E-state index in [1.165, 1.54) is 12.1 Å². The molecule has 1 aliphatic rings. The third kappa shape index (κ3) is 3.61. The molecule has 0 saturated carbocycles. The number of carbonyl (C=O) groups is 1. The molecule has 0 spiro atoms. The van der Waals surface area contributed by atoms with Gasteiger partial charge in [-0.2, -0.15) is 5.26 Å². The van der Waals surface area contributed by atoms with Crippen LogP contribution < -0.4 is 15.2 Å². The van der Waals surface area contributed by atoms with Crippen LogP contribution in [0.15, 0.2) is 78.2 Å². The van der Waals surface area contributed by atoms with Crippen LogP contribution in [0.4, 0.5) is 4.39 Å². The van der Waals surface area contributed by atoms with Gasteiger partial charge in [0.2, 0.25) is 5.88 Å². The Balaban J connectivity index is 1.68. The van der Waals surface area contributed by atoms with Gasteiger partial charge in [0.05, 0.1) is 11.5 Å². The maximum Gasteiger partial charge on any atom is 0.343 e. The first-order chi connectivity index (χ1) is 14.5. The standard InChI is InChI=1S/C24H17FN2O3/c1-14-2-4-16(5-3-14)24(28)29-18-10-11-19-21(12-18)30-23(27)20(13-26)22(19)15-6-8-17(25)9-7-15/h2-12,22H,27H2,1H3.